The Labute approximate surface area is 166 Å². The van der Waals surface area contributed by atoms with Crippen molar-refractivity contribution in [2.75, 3.05) is 4.72 Å². The van der Waals surface area contributed by atoms with Gasteiger partial charge >= 0.3 is 0 Å². The lowest BCUT2D eigenvalue weighted by atomic mass is 10.0. The molecule has 0 bridgehead atoms. The number of benzene rings is 3. The van der Waals surface area contributed by atoms with Crippen LogP contribution in [-0.4, -0.2) is 13.5 Å². The maximum atomic E-state index is 14.3. The first-order chi connectivity index (χ1) is 13.2. The lowest BCUT2D eigenvalue weighted by molar-refractivity contribution is 0.459. The molecule has 0 unspecified atom stereocenters. The molecule has 0 saturated heterocycles. The van der Waals surface area contributed by atoms with E-state index < -0.39 is 26.5 Å². The monoisotopic (exact) mass is 416 g/mol. The van der Waals surface area contributed by atoms with Crippen molar-refractivity contribution in [3.8, 4) is 22.9 Å². The van der Waals surface area contributed by atoms with Gasteiger partial charge in [-0.3, -0.25) is 4.72 Å². The van der Waals surface area contributed by atoms with Gasteiger partial charge in [0.25, 0.3) is 10.0 Å². The summed E-state index contributed by atoms with van der Waals surface area (Å²) < 4.78 is 41.8. The van der Waals surface area contributed by atoms with Crippen molar-refractivity contribution in [2.24, 2.45) is 0 Å². The second-order valence-electron chi connectivity index (χ2n) is 6.09. The average molecular weight is 417 g/mol. The van der Waals surface area contributed by atoms with Crippen molar-refractivity contribution in [1.82, 2.24) is 0 Å². The summed E-state index contributed by atoms with van der Waals surface area (Å²) in [5.41, 5.74) is 2.04. The molecule has 0 radical (unpaired) electrons. The van der Waals surface area contributed by atoms with Gasteiger partial charge in [-0.1, -0.05) is 47.5 Å². The number of sulfonamides is 1. The number of nitrogens with zero attached hydrogens (tertiary/aromatic N) is 1. The molecule has 142 valence electrons. The standard InChI is InChI=1S/C20H14ClFN2O3S/c1-12-3-2-4-14(7-12)15-5-6-17(22)18(10-15)24-28(26,27)19-9-13(11-23)8-16(21)20(19)25/h2-10,24-25H,1H3. The smallest absolute Gasteiger partial charge is 0.265 e. The number of halogens is 2. The van der Waals surface area contributed by atoms with E-state index in [0.717, 1.165) is 29.3 Å². The number of anilines is 1. The Morgan fingerprint density at radius 3 is 2.50 bits per heavy atom. The van der Waals surface area contributed by atoms with Crippen LogP contribution in [0, 0.1) is 24.1 Å². The Kier molecular flexibility index (Phi) is 5.27. The number of nitrogens with one attached hydrogen (secondary N) is 1. The zero-order chi connectivity index (χ0) is 20.5. The lowest BCUT2D eigenvalue weighted by Gasteiger charge is -2.13. The molecule has 0 aliphatic rings. The molecule has 5 nitrogen and oxygen atoms in total. The molecule has 0 amide bonds. The average Bonchev–Trinajstić information content (AvgIpc) is 2.65. The molecule has 8 heteroatoms. The predicted octanol–water partition coefficient (Wildman–Crippen LogP) is 4.83. The molecule has 0 aliphatic heterocycles. The highest BCUT2D eigenvalue weighted by Crippen LogP contribution is 2.34. The number of nitriles is 1. The predicted molar refractivity (Wildman–Crippen MR) is 105 cm³/mol. The van der Waals surface area contributed by atoms with Crippen LogP contribution < -0.4 is 4.72 Å². The zero-order valence-corrected chi connectivity index (χ0v) is 16.1. The quantitative estimate of drug-likeness (QED) is 0.637. The minimum atomic E-state index is -4.40. The SMILES string of the molecule is Cc1cccc(-c2ccc(F)c(NS(=O)(=O)c3cc(C#N)cc(Cl)c3O)c2)c1. The fourth-order valence-electron chi connectivity index (χ4n) is 2.65. The molecule has 2 N–H and O–H groups in total. The third-order valence-electron chi connectivity index (χ3n) is 4.01. The Balaban J connectivity index is 2.05. The maximum absolute atomic E-state index is 14.3. The minimum Gasteiger partial charge on any atom is -0.505 e. The highest BCUT2D eigenvalue weighted by molar-refractivity contribution is 7.92. The van der Waals surface area contributed by atoms with E-state index in [9.17, 15) is 17.9 Å². The summed E-state index contributed by atoms with van der Waals surface area (Å²) in [5, 5.41) is 18.7. The molecule has 3 rings (SSSR count). The maximum Gasteiger partial charge on any atom is 0.265 e. The molecule has 3 aromatic rings. The van der Waals surface area contributed by atoms with Crippen LogP contribution in [0.2, 0.25) is 5.02 Å². The normalized spacial score (nSPS) is 11.1. The summed E-state index contributed by atoms with van der Waals surface area (Å²) in [6.45, 7) is 1.91. The van der Waals surface area contributed by atoms with Gasteiger partial charge in [0.05, 0.1) is 22.3 Å². The van der Waals surface area contributed by atoms with Crippen LogP contribution in [0.4, 0.5) is 10.1 Å². The fourth-order valence-corrected chi connectivity index (χ4v) is 4.13. The van der Waals surface area contributed by atoms with Crippen molar-refractivity contribution >= 4 is 27.3 Å². The first kappa shape index (κ1) is 19.7. The van der Waals surface area contributed by atoms with E-state index in [1.807, 2.05) is 31.2 Å². The van der Waals surface area contributed by atoms with Crippen molar-refractivity contribution in [2.45, 2.75) is 11.8 Å². The van der Waals surface area contributed by atoms with E-state index in [1.165, 1.54) is 12.1 Å². The van der Waals surface area contributed by atoms with Crippen molar-refractivity contribution in [3.63, 3.8) is 0 Å². The number of hydrogen-bond donors (Lipinski definition) is 2. The van der Waals surface area contributed by atoms with Crippen LogP contribution in [0.5, 0.6) is 5.75 Å². The summed E-state index contributed by atoms with van der Waals surface area (Å²) in [6, 6.07) is 15.3. The van der Waals surface area contributed by atoms with Crippen LogP contribution in [0.25, 0.3) is 11.1 Å². The van der Waals surface area contributed by atoms with Crippen molar-refractivity contribution in [1.29, 1.82) is 5.26 Å². The van der Waals surface area contributed by atoms with E-state index in [0.29, 0.717) is 5.56 Å². The van der Waals surface area contributed by atoms with E-state index in [2.05, 4.69) is 4.72 Å². The molecule has 0 fully saturated rings. The van der Waals surface area contributed by atoms with Gasteiger partial charge in [-0.05, 0) is 42.3 Å². The van der Waals surface area contributed by atoms with Crippen LogP contribution in [0.3, 0.4) is 0 Å². The number of rotatable bonds is 4. The molecule has 0 heterocycles. The molecule has 3 aromatic carbocycles. The zero-order valence-electron chi connectivity index (χ0n) is 14.6. The molecule has 0 saturated carbocycles. The molecular weight excluding hydrogens is 403 g/mol. The van der Waals surface area contributed by atoms with Crippen molar-refractivity contribution < 1.29 is 17.9 Å². The van der Waals surface area contributed by atoms with Gasteiger partial charge in [0.1, 0.15) is 10.7 Å². The van der Waals surface area contributed by atoms with E-state index in [4.69, 9.17) is 16.9 Å². The summed E-state index contributed by atoms with van der Waals surface area (Å²) in [7, 11) is -4.40. The number of aromatic hydroxyl groups is 1. The summed E-state index contributed by atoms with van der Waals surface area (Å²) in [4.78, 5) is -0.614. The Morgan fingerprint density at radius 2 is 1.82 bits per heavy atom. The molecule has 0 spiro atoms. The van der Waals surface area contributed by atoms with Gasteiger partial charge in [0, 0.05) is 0 Å². The molecule has 28 heavy (non-hydrogen) atoms. The molecule has 0 atom stereocenters. The number of hydrogen-bond acceptors (Lipinski definition) is 4. The summed E-state index contributed by atoms with van der Waals surface area (Å²) in [6.07, 6.45) is 0. The first-order valence-electron chi connectivity index (χ1n) is 8.03. The number of phenols is 1. The highest BCUT2D eigenvalue weighted by Gasteiger charge is 2.23. The Hall–Kier alpha value is -3.08. The number of phenolic OH excluding ortho intramolecular Hbond substituents is 1. The third kappa shape index (κ3) is 3.93. The second-order valence-corrected chi connectivity index (χ2v) is 8.14. The Morgan fingerprint density at radius 1 is 1.11 bits per heavy atom. The van der Waals surface area contributed by atoms with Gasteiger partial charge in [0.15, 0.2) is 5.75 Å². The fraction of sp³-hybridized carbons (Fsp3) is 0.0500. The first-order valence-corrected chi connectivity index (χ1v) is 9.89. The summed E-state index contributed by atoms with van der Waals surface area (Å²) >= 11 is 5.79. The van der Waals surface area contributed by atoms with Crippen molar-refractivity contribution in [3.05, 3.63) is 76.6 Å². The van der Waals surface area contributed by atoms with E-state index in [-0.39, 0.29) is 16.3 Å². The second kappa shape index (κ2) is 7.50. The Bertz CT molecular complexity index is 1220. The lowest BCUT2D eigenvalue weighted by Crippen LogP contribution is -2.14. The van der Waals surface area contributed by atoms with Gasteiger partial charge in [-0.15, -0.1) is 0 Å². The van der Waals surface area contributed by atoms with Crippen LogP contribution in [0.15, 0.2) is 59.5 Å². The molecule has 0 aromatic heterocycles. The topological polar surface area (TPSA) is 90.2 Å². The largest absolute Gasteiger partial charge is 0.505 e. The van der Waals surface area contributed by atoms with Gasteiger partial charge in [-0.2, -0.15) is 5.26 Å². The van der Waals surface area contributed by atoms with E-state index in [1.54, 1.807) is 6.07 Å². The summed E-state index contributed by atoms with van der Waals surface area (Å²) in [5.74, 6) is -1.51. The van der Waals surface area contributed by atoms with Gasteiger partial charge in [0.2, 0.25) is 0 Å². The molecule has 0 aliphatic carbocycles. The van der Waals surface area contributed by atoms with E-state index >= 15 is 0 Å². The number of aryl methyl sites for hydroxylation is 1. The van der Waals surface area contributed by atoms with Crippen LogP contribution in [-0.2, 0) is 10.0 Å². The van der Waals surface area contributed by atoms with Gasteiger partial charge < -0.3 is 5.11 Å². The molecular formula is C20H14ClFN2O3S. The van der Waals surface area contributed by atoms with Crippen LogP contribution in [0.1, 0.15) is 11.1 Å². The van der Waals surface area contributed by atoms with Gasteiger partial charge in [-0.25, -0.2) is 12.8 Å². The van der Waals surface area contributed by atoms with Crippen LogP contribution >= 0.6 is 11.6 Å². The minimum absolute atomic E-state index is 0.0582. The highest BCUT2D eigenvalue weighted by atomic mass is 35.5. The third-order valence-corrected chi connectivity index (χ3v) is 5.68.